The van der Waals surface area contributed by atoms with Gasteiger partial charge in [0, 0.05) is 29.1 Å². The van der Waals surface area contributed by atoms with Crippen molar-refractivity contribution in [2.75, 3.05) is 0 Å². The van der Waals surface area contributed by atoms with Crippen molar-refractivity contribution in [3.8, 4) is 0 Å². The van der Waals surface area contributed by atoms with Gasteiger partial charge >= 0.3 is 0 Å². The van der Waals surface area contributed by atoms with Crippen LogP contribution in [0.5, 0.6) is 0 Å². The highest BCUT2D eigenvalue weighted by molar-refractivity contribution is 9.13. The minimum atomic E-state index is 0.0181. The van der Waals surface area contributed by atoms with Gasteiger partial charge in [0.2, 0.25) is 0 Å². The SMILES string of the molecule is CC(C)(C)c1ccc2sc3cc4cc5cc(Br)c(Br)cc5cc4cc3c(=O)c2c1. The molecular weight excluding hydrogens is 508 g/mol. The highest BCUT2D eigenvalue weighted by Crippen LogP contribution is 2.35. The summed E-state index contributed by atoms with van der Waals surface area (Å²) in [7, 11) is 0. The summed E-state index contributed by atoms with van der Waals surface area (Å²) in [6.45, 7) is 6.54. The summed E-state index contributed by atoms with van der Waals surface area (Å²) >= 11 is 8.87. The zero-order valence-electron chi connectivity index (χ0n) is 16.3. The Hall–Kier alpha value is -1.75. The molecule has 144 valence electrons. The van der Waals surface area contributed by atoms with E-state index in [1.165, 1.54) is 10.9 Å². The predicted octanol–water partition coefficient (Wildman–Crippen LogP) is 8.54. The number of rotatable bonds is 0. The lowest BCUT2D eigenvalue weighted by Crippen LogP contribution is -2.12. The van der Waals surface area contributed by atoms with Crippen LogP contribution >= 0.6 is 43.2 Å². The lowest BCUT2D eigenvalue weighted by Gasteiger charge is -2.19. The van der Waals surface area contributed by atoms with E-state index < -0.39 is 0 Å². The van der Waals surface area contributed by atoms with Crippen LogP contribution in [0.3, 0.4) is 0 Å². The highest BCUT2D eigenvalue weighted by Gasteiger charge is 2.16. The highest BCUT2D eigenvalue weighted by atomic mass is 79.9. The molecular formula is C25H18Br2OS. The normalized spacial score (nSPS) is 12.4. The average Bonchev–Trinajstić information content (AvgIpc) is 2.66. The van der Waals surface area contributed by atoms with Crippen LogP contribution in [0.4, 0.5) is 0 Å². The molecule has 29 heavy (non-hydrogen) atoms. The van der Waals surface area contributed by atoms with Gasteiger partial charge in [-0.3, -0.25) is 4.79 Å². The minimum Gasteiger partial charge on any atom is -0.289 e. The quantitative estimate of drug-likeness (QED) is 0.185. The van der Waals surface area contributed by atoms with Crippen LogP contribution in [-0.2, 0) is 5.41 Å². The van der Waals surface area contributed by atoms with E-state index in [4.69, 9.17) is 0 Å². The monoisotopic (exact) mass is 524 g/mol. The molecule has 0 spiro atoms. The first kappa shape index (κ1) is 19.2. The van der Waals surface area contributed by atoms with E-state index in [9.17, 15) is 4.79 Å². The molecule has 0 bridgehead atoms. The summed E-state index contributed by atoms with van der Waals surface area (Å²) in [6.07, 6.45) is 0. The van der Waals surface area contributed by atoms with Gasteiger partial charge in [-0.15, -0.1) is 11.3 Å². The van der Waals surface area contributed by atoms with E-state index in [0.29, 0.717) is 0 Å². The third kappa shape index (κ3) is 3.22. The van der Waals surface area contributed by atoms with Crippen LogP contribution in [0.2, 0.25) is 0 Å². The Kier molecular flexibility index (Phi) is 4.39. The second kappa shape index (κ2) is 6.63. The lowest BCUT2D eigenvalue weighted by atomic mass is 9.86. The first-order valence-electron chi connectivity index (χ1n) is 9.44. The number of halogens is 2. The third-order valence-electron chi connectivity index (χ3n) is 5.49. The fourth-order valence-corrected chi connectivity index (χ4v) is 5.62. The molecule has 4 heteroatoms. The van der Waals surface area contributed by atoms with Crippen molar-refractivity contribution >= 4 is 84.9 Å². The first-order chi connectivity index (χ1) is 13.7. The fourth-order valence-electron chi connectivity index (χ4n) is 3.81. The molecule has 1 aromatic heterocycles. The smallest absolute Gasteiger partial charge is 0.195 e. The molecule has 0 atom stereocenters. The summed E-state index contributed by atoms with van der Waals surface area (Å²) in [5, 5.41) is 6.20. The van der Waals surface area contributed by atoms with E-state index in [1.807, 2.05) is 0 Å². The van der Waals surface area contributed by atoms with Crippen LogP contribution in [0.15, 0.2) is 68.3 Å². The number of hydrogen-bond acceptors (Lipinski definition) is 2. The Morgan fingerprint density at radius 2 is 1.24 bits per heavy atom. The molecule has 0 radical (unpaired) electrons. The maximum Gasteiger partial charge on any atom is 0.195 e. The standard InChI is InChI=1S/C25H18Br2OS/c1-25(2,3)17-4-5-22-19(12-17)24(28)18-8-13-6-14-9-20(26)21(27)10-15(14)7-16(13)11-23(18)29-22/h4-12H,1-3H3. The second-order valence-corrected chi connectivity index (χ2v) is 11.3. The molecule has 1 nitrogen and oxygen atoms in total. The Labute approximate surface area is 189 Å². The largest absolute Gasteiger partial charge is 0.289 e. The van der Waals surface area contributed by atoms with Gasteiger partial charge in [-0.1, -0.05) is 26.8 Å². The Morgan fingerprint density at radius 1 is 0.690 bits per heavy atom. The minimum absolute atomic E-state index is 0.0181. The van der Waals surface area contributed by atoms with Crippen LogP contribution in [0, 0.1) is 0 Å². The van der Waals surface area contributed by atoms with Crippen molar-refractivity contribution in [3.05, 3.63) is 79.3 Å². The van der Waals surface area contributed by atoms with E-state index in [-0.39, 0.29) is 10.8 Å². The topological polar surface area (TPSA) is 17.1 Å². The molecule has 5 rings (SSSR count). The number of fused-ring (bicyclic) bond motifs is 4. The van der Waals surface area contributed by atoms with Gasteiger partial charge in [0.25, 0.3) is 0 Å². The lowest BCUT2D eigenvalue weighted by molar-refractivity contribution is 0.591. The molecule has 0 aliphatic rings. The predicted molar refractivity (Wildman–Crippen MR) is 135 cm³/mol. The zero-order chi connectivity index (χ0) is 20.5. The van der Waals surface area contributed by atoms with Crippen molar-refractivity contribution in [2.24, 2.45) is 0 Å². The van der Waals surface area contributed by atoms with Gasteiger partial charge in [-0.2, -0.15) is 0 Å². The van der Waals surface area contributed by atoms with Crippen LogP contribution < -0.4 is 5.43 Å². The van der Waals surface area contributed by atoms with Gasteiger partial charge in [-0.05, 0) is 113 Å². The third-order valence-corrected chi connectivity index (χ3v) is 8.47. The second-order valence-electron chi connectivity index (χ2n) is 8.55. The molecule has 0 unspecified atom stereocenters. The number of benzene rings is 4. The Bertz CT molecular complexity index is 1520. The van der Waals surface area contributed by atoms with E-state index in [1.54, 1.807) is 11.3 Å². The molecule has 4 aromatic carbocycles. The first-order valence-corrected chi connectivity index (χ1v) is 11.8. The van der Waals surface area contributed by atoms with Crippen molar-refractivity contribution in [3.63, 3.8) is 0 Å². The molecule has 1 heterocycles. The Balaban J connectivity index is 1.86. The van der Waals surface area contributed by atoms with Gasteiger partial charge in [0.1, 0.15) is 0 Å². The molecule has 0 aliphatic heterocycles. The molecule has 0 aliphatic carbocycles. The van der Waals surface area contributed by atoms with Crippen molar-refractivity contribution in [2.45, 2.75) is 26.2 Å². The van der Waals surface area contributed by atoms with E-state index >= 15 is 0 Å². The van der Waals surface area contributed by atoms with E-state index in [0.717, 1.165) is 45.3 Å². The summed E-state index contributed by atoms with van der Waals surface area (Å²) < 4.78 is 4.14. The van der Waals surface area contributed by atoms with Gasteiger partial charge in [0.05, 0.1) is 0 Å². The molecule has 0 amide bonds. The number of hydrogen-bond donors (Lipinski definition) is 0. The maximum atomic E-state index is 13.4. The Morgan fingerprint density at radius 3 is 1.86 bits per heavy atom. The van der Waals surface area contributed by atoms with Crippen molar-refractivity contribution < 1.29 is 0 Å². The molecule has 5 aromatic rings. The molecule has 0 saturated heterocycles. The van der Waals surface area contributed by atoms with Gasteiger partial charge in [0.15, 0.2) is 5.43 Å². The zero-order valence-corrected chi connectivity index (χ0v) is 20.3. The van der Waals surface area contributed by atoms with E-state index in [2.05, 4.69) is 107 Å². The summed E-state index contributed by atoms with van der Waals surface area (Å²) in [5.74, 6) is 0. The van der Waals surface area contributed by atoms with Crippen molar-refractivity contribution in [1.29, 1.82) is 0 Å². The molecule has 0 fully saturated rings. The van der Waals surface area contributed by atoms with Gasteiger partial charge in [-0.25, -0.2) is 0 Å². The van der Waals surface area contributed by atoms with Crippen molar-refractivity contribution in [1.82, 2.24) is 0 Å². The summed E-state index contributed by atoms with van der Waals surface area (Å²) in [6, 6.07) is 19.1. The molecule has 0 N–H and O–H groups in total. The fraction of sp³-hybridized carbons (Fsp3) is 0.160. The van der Waals surface area contributed by atoms with Crippen LogP contribution in [0.25, 0.3) is 41.7 Å². The summed E-state index contributed by atoms with van der Waals surface area (Å²) in [5.41, 5.74) is 1.33. The average molecular weight is 526 g/mol. The van der Waals surface area contributed by atoms with Gasteiger partial charge < -0.3 is 0 Å². The summed E-state index contributed by atoms with van der Waals surface area (Å²) in [4.78, 5) is 13.4. The van der Waals surface area contributed by atoms with Crippen LogP contribution in [-0.4, -0.2) is 0 Å². The maximum absolute atomic E-state index is 13.4. The van der Waals surface area contributed by atoms with Crippen LogP contribution in [0.1, 0.15) is 26.3 Å². The molecule has 0 saturated carbocycles.